The highest BCUT2D eigenvalue weighted by Gasteiger charge is 2.15. The maximum absolute atomic E-state index is 4.83. The standard InChI is InChI=1S/C32H27NSSi/c1-35(2,3)29-18-16-23(17-19-29)22-8-10-24(11-9-22)25-12-13-27-21-28(15-14-26(27)20-25)32-33-30-6-4-5-7-31(30)34-32/h4-21H,1-3H3. The van der Waals surface area contributed by atoms with Crippen molar-refractivity contribution in [2.24, 2.45) is 0 Å². The van der Waals surface area contributed by atoms with Crippen LogP contribution in [0.2, 0.25) is 19.6 Å². The normalized spacial score (nSPS) is 11.9. The molecule has 0 aliphatic carbocycles. The lowest BCUT2D eigenvalue weighted by atomic mass is 9.98. The van der Waals surface area contributed by atoms with Gasteiger partial charge in [0.05, 0.1) is 18.3 Å². The van der Waals surface area contributed by atoms with Crippen molar-refractivity contribution in [2.45, 2.75) is 19.6 Å². The highest BCUT2D eigenvalue weighted by atomic mass is 32.1. The van der Waals surface area contributed by atoms with E-state index in [1.807, 2.05) is 6.07 Å². The minimum atomic E-state index is -1.27. The van der Waals surface area contributed by atoms with Gasteiger partial charge in [0.25, 0.3) is 0 Å². The molecule has 0 bridgehead atoms. The van der Waals surface area contributed by atoms with Gasteiger partial charge in [0.2, 0.25) is 0 Å². The van der Waals surface area contributed by atoms with E-state index in [-0.39, 0.29) is 0 Å². The summed E-state index contributed by atoms with van der Waals surface area (Å²) in [6.07, 6.45) is 0. The van der Waals surface area contributed by atoms with Crippen LogP contribution in [0.3, 0.4) is 0 Å². The molecule has 1 nitrogen and oxygen atoms in total. The summed E-state index contributed by atoms with van der Waals surface area (Å²) in [5, 5.41) is 5.06. The van der Waals surface area contributed by atoms with Gasteiger partial charge in [0.15, 0.2) is 0 Å². The monoisotopic (exact) mass is 485 g/mol. The maximum atomic E-state index is 4.83. The molecular weight excluding hydrogens is 459 g/mol. The molecule has 6 rings (SSSR count). The number of hydrogen-bond acceptors (Lipinski definition) is 2. The van der Waals surface area contributed by atoms with E-state index in [1.54, 1.807) is 11.3 Å². The Kier molecular flexibility index (Phi) is 5.40. The molecule has 0 saturated carbocycles. The molecule has 0 atom stereocenters. The number of fused-ring (bicyclic) bond motifs is 2. The van der Waals surface area contributed by atoms with Crippen molar-refractivity contribution >= 4 is 45.6 Å². The molecule has 0 amide bonds. The summed E-state index contributed by atoms with van der Waals surface area (Å²) in [4.78, 5) is 4.83. The summed E-state index contributed by atoms with van der Waals surface area (Å²) < 4.78 is 1.23. The van der Waals surface area contributed by atoms with Crippen LogP contribution in [-0.2, 0) is 0 Å². The second-order valence-corrected chi connectivity index (χ2v) is 16.3. The summed E-state index contributed by atoms with van der Waals surface area (Å²) in [6.45, 7) is 7.17. The Bertz CT molecular complexity index is 1620. The van der Waals surface area contributed by atoms with Crippen molar-refractivity contribution in [3.8, 4) is 32.8 Å². The number of aromatic nitrogens is 1. The van der Waals surface area contributed by atoms with Gasteiger partial charge >= 0.3 is 0 Å². The summed E-state index contributed by atoms with van der Waals surface area (Å²) >= 11 is 1.75. The molecule has 5 aromatic carbocycles. The number of benzene rings is 5. The average Bonchev–Trinajstić information content (AvgIpc) is 3.32. The largest absolute Gasteiger partial charge is 0.236 e. The Morgan fingerprint density at radius 2 is 1.06 bits per heavy atom. The van der Waals surface area contributed by atoms with Crippen molar-refractivity contribution in [3.63, 3.8) is 0 Å². The third-order valence-corrected chi connectivity index (χ3v) is 9.83. The number of thiazole rings is 1. The van der Waals surface area contributed by atoms with E-state index >= 15 is 0 Å². The highest BCUT2D eigenvalue weighted by Crippen LogP contribution is 2.33. The molecule has 0 aliphatic rings. The fraction of sp³-hybridized carbons (Fsp3) is 0.0938. The fourth-order valence-corrected chi connectivity index (χ4v) is 6.70. The molecule has 0 saturated heterocycles. The first kappa shape index (κ1) is 22.0. The van der Waals surface area contributed by atoms with E-state index in [2.05, 4.69) is 123 Å². The molecule has 0 spiro atoms. The Balaban J connectivity index is 1.27. The van der Waals surface area contributed by atoms with Crippen molar-refractivity contribution in [2.75, 3.05) is 0 Å². The first-order valence-electron chi connectivity index (χ1n) is 12.1. The van der Waals surface area contributed by atoms with Gasteiger partial charge < -0.3 is 0 Å². The molecule has 6 aromatic rings. The molecular formula is C32H27NSSi. The molecule has 170 valence electrons. The van der Waals surface area contributed by atoms with Gasteiger partial charge in [0.1, 0.15) is 5.01 Å². The summed E-state index contributed by atoms with van der Waals surface area (Å²) in [5.74, 6) is 0. The predicted octanol–water partition coefficient (Wildman–Crippen LogP) is 9.00. The van der Waals surface area contributed by atoms with Gasteiger partial charge in [-0.2, -0.15) is 0 Å². The van der Waals surface area contributed by atoms with Crippen LogP contribution < -0.4 is 5.19 Å². The second kappa shape index (κ2) is 8.60. The minimum Gasteiger partial charge on any atom is -0.236 e. The Morgan fingerprint density at radius 1 is 0.543 bits per heavy atom. The lowest BCUT2D eigenvalue weighted by molar-refractivity contribution is 1.48. The van der Waals surface area contributed by atoms with E-state index in [1.165, 1.54) is 48.5 Å². The molecule has 1 heterocycles. The fourth-order valence-electron chi connectivity index (χ4n) is 4.57. The average molecular weight is 486 g/mol. The molecule has 0 fully saturated rings. The number of hydrogen-bond donors (Lipinski definition) is 0. The van der Waals surface area contributed by atoms with E-state index < -0.39 is 8.07 Å². The van der Waals surface area contributed by atoms with Crippen LogP contribution in [0.25, 0.3) is 53.8 Å². The molecule has 1 aromatic heterocycles. The van der Waals surface area contributed by atoms with E-state index in [0.29, 0.717) is 0 Å². The van der Waals surface area contributed by atoms with Crippen molar-refractivity contribution in [1.82, 2.24) is 4.98 Å². The summed E-state index contributed by atoms with van der Waals surface area (Å²) in [6, 6.07) is 39.8. The van der Waals surface area contributed by atoms with Crippen LogP contribution in [0.5, 0.6) is 0 Å². The van der Waals surface area contributed by atoms with Gasteiger partial charge in [-0.15, -0.1) is 11.3 Å². The summed E-state index contributed by atoms with van der Waals surface area (Å²) in [7, 11) is -1.27. The van der Waals surface area contributed by atoms with Crippen LogP contribution in [0, 0.1) is 0 Å². The predicted molar refractivity (Wildman–Crippen MR) is 156 cm³/mol. The van der Waals surface area contributed by atoms with Crippen LogP contribution in [0.15, 0.2) is 109 Å². The third-order valence-electron chi connectivity index (χ3n) is 6.68. The third kappa shape index (κ3) is 4.34. The molecule has 0 unspecified atom stereocenters. The zero-order chi connectivity index (χ0) is 24.0. The van der Waals surface area contributed by atoms with Crippen LogP contribution in [-0.4, -0.2) is 13.1 Å². The lowest BCUT2D eigenvalue weighted by Crippen LogP contribution is -2.37. The Morgan fingerprint density at radius 3 is 1.69 bits per heavy atom. The van der Waals surface area contributed by atoms with Gasteiger partial charge in [-0.3, -0.25) is 0 Å². The topological polar surface area (TPSA) is 12.9 Å². The SMILES string of the molecule is C[Si](C)(C)c1ccc(-c2ccc(-c3ccc4cc(-c5nc6ccccc6s5)ccc4c3)cc2)cc1. The van der Waals surface area contributed by atoms with Crippen LogP contribution >= 0.6 is 11.3 Å². The van der Waals surface area contributed by atoms with Gasteiger partial charge in [-0.05, 0) is 57.3 Å². The first-order valence-corrected chi connectivity index (χ1v) is 16.4. The van der Waals surface area contributed by atoms with Gasteiger partial charge in [-0.1, -0.05) is 110 Å². The number of nitrogens with zero attached hydrogens (tertiary/aromatic N) is 1. The number of rotatable bonds is 4. The summed E-state index contributed by atoms with van der Waals surface area (Å²) in [5.41, 5.74) is 7.27. The van der Waals surface area contributed by atoms with E-state index in [4.69, 9.17) is 4.98 Å². The molecule has 0 radical (unpaired) electrons. The first-order chi connectivity index (χ1) is 16.9. The van der Waals surface area contributed by atoms with E-state index in [0.717, 1.165) is 10.5 Å². The van der Waals surface area contributed by atoms with Crippen molar-refractivity contribution in [1.29, 1.82) is 0 Å². The van der Waals surface area contributed by atoms with Crippen molar-refractivity contribution in [3.05, 3.63) is 109 Å². The smallest absolute Gasteiger partial charge is 0.124 e. The Hall–Kier alpha value is -3.53. The Labute approximate surface area is 211 Å². The van der Waals surface area contributed by atoms with Crippen LogP contribution in [0.4, 0.5) is 0 Å². The lowest BCUT2D eigenvalue weighted by Gasteiger charge is -2.16. The number of para-hydroxylation sites is 1. The zero-order valence-electron chi connectivity index (χ0n) is 20.2. The zero-order valence-corrected chi connectivity index (χ0v) is 22.1. The molecule has 0 N–H and O–H groups in total. The maximum Gasteiger partial charge on any atom is 0.124 e. The van der Waals surface area contributed by atoms with Gasteiger partial charge in [-0.25, -0.2) is 4.98 Å². The van der Waals surface area contributed by atoms with Crippen molar-refractivity contribution < 1.29 is 0 Å². The van der Waals surface area contributed by atoms with Crippen LogP contribution in [0.1, 0.15) is 0 Å². The molecule has 3 heteroatoms. The molecule has 35 heavy (non-hydrogen) atoms. The quantitative estimate of drug-likeness (QED) is 0.227. The minimum absolute atomic E-state index is 1.07. The second-order valence-electron chi connectivity index (χ2n) is 10.2. The molecule has 0 aliphatic heterocycles. The van der Waals surface area contributed by atoms with E-state index in [9.17, 15) is 0 Å². The highest BCUT2D eigenvalue weighted by molar-refractivity contribution is 7.21. The van der Waals surface area contributed by atoms with Gasteiger partial charge in [0, 0.05) is 5.56 Å².